The average molecular weight is 292 g/mol. The smallest absolute Gasteiger partial charge is 0.228 e. The molecule has 2 rings (SSSR count). The first-order chi connectivity index (χ1) is 7.75. The fraction of sp³-hybridized carbons (Fsp3) is 0.500. The summed E-state index contributed by atoms with van der Waals surface area (Å²) in [5.74, 6) is 0.881. The van der Waals surface area contributed by atoms with Crippen LogP contribution in [0.25, 0.3) is 0 Å². The molecule has 1 saturated heterocycles. The van der Waals surface area contributed by atoms with Crippen LogP contribution in [0.4, 0.5) is 5.82 Å². The maximum atomic E-state index is 11.9. The molecule has 0 unspecified atom stereocenters. The van der Waals surface area contributed by atoms with Crippen molar-refractivity contribution >= 4 is 36.5 Å². The number of nitrogens with one attached hydrogen (secondary N) is 2. The quantitative estimate of drug-likeness (QED) is 0.878. The molecule has 1 fully saturated rings. The minimum absolute atomic E-state index is 0. The van der Waals surface area contributed by atoms with Gasteiger partial charge >= 0.3 is 0 Å². The standard InChI is InChI=1S/C12H17N3O.2ClH/c1-9-3-2-4-11(14-9)15-12(16)10-5-7-13-8-6-10;;/h2-4,10,13H,5-8H2,1H3,(H,14,15,16);2*1H. The van der Waals surface area contributed by atoms with Gasteiger partial charge in [-0.2, -0.15) is 0 Å². The first-order valence-corrected chi connectivity index (χ1v) is 5.71. The summed E-state index contributed by atoms with van der Waals surface area (Å²) in [7, 11) is 0. The lowest BCUT2D eigenvalue weighted by molar-refractivity contribution is -0.120. The third kappa shape index (κ3) is 4.80. The van der Waals surface area contributed by atoms with Crippen molar-refractivity contribution in [1.29, 1.82) is 0 Å². The molecule has 6 heteroatoms. The predicted octanol–water partition coefficient (Wildman–Crippen LogP) is 2.17. The van der Waals surface area contributed by atoms with Crippen LogP contribution < -0.4 is 10.6 Å². The molecule has 0 bridgehead atoms. The molecule has 0 radical (unpaired) electrons. The summed E-state index contributed by atoms with van der Waals surface area (Å²) in [6.45, 7) is 3.78. The molecule has 1 aromatic heterocycles. The Morgan fingerprint density at radius 1 is 1.33 bits per heavy atom. The van der Waals surface area contributed by atoms with E-state index in [2.05, 4.69) is 15.6 Å². The molecular formula is C12H19Cl2N3O. The van der Waals surface area contributed by atoms with Crippen molar-refractivity contribution in [2.24, 2.45) is 5.92 Å². The fourth-order valence-corrected chi connectivity index (χ4v) is 1.93. The molecule has 2 N–H and O–H groups in total. The number of carbonyl (C=O) groups excluding carboxylic acids is 1. The molecule has 0 atom stereocenters. The Kier molecular flexibility index (Phi) is 7.91. The summed E-state index contributed by atoms with van der Waals surface area (Å²) >= 11 is 0. The van der Waals surface area contributed by atoms with E-state index in [0.717, 1.165) is 31.6 Å². The molecule has 0 saturated carbocycles. The fourth-order valence-electron chi connectivity index (χ4n) is 1.93. The Hall–Kier alpha value is -0.840. The van der Waals surface area contributed by atoms with Gasteiger partial charge in [0.1, 0.15) is 5.82 Å². The monoisotopic (exact) mass is 291 g/mol. The number of nitrogens with zero attached hydrogens (tertiary/aromatic N) is 1. The number of piperidine rings is 1. The summed E-state index contributed by atoms with van der Waals surface area (Å²) in [4.78, 5) is 16.2. The number of anilines is 1. The normalized spacial score (nSPS) is 15.2. The van der Waals surface area contributed by atoms with E-state index in [1.54, 1.807) is 0 Å². The third-order valence-electron chi connectivity index (χ3n) is 2.85. The summed E-state index contributed by atoms with van der Waals surface area (Å²) in [6, 6.07) is 5.65. The highest BCUT2D eigenvalue weighted by Crippen LogP contribution is 2.14. The van der Waals surface area contributed by atoms with Crippen molar-refractivity contribution < 1.29 is 4.79 Å². The van der Waals surface area contributed by atoms with Gasteiger partial charge in [0.2, 0.25) is 5.91 Å². The Labute approximate surface area is 120 Å². The van der Waals surface area contributed by atoms with Crippen molar-refractivity contribution in [3.05, 3.63) is 23.9 Å². The molecule has 1 aliphatic heterocycles. The van der Waals surface area contributed by atoms with Crippen LogP contribution in [0.2, 0.25) is 0 Å². The third-order valence-corrected chi connectivity index (χ3v) is 2.85. The molecular weight excluding hydrogens is 273 g/mol. The molecule has 2 heterocycles. The van der Waals surface area contributed by atoms with Crippen LogP contribution >= 0.6 is 24.8 Å². The second kappa shape index (κ2) is 8.29. The van der Waals surface area contributed by atoms with Crippen LogP contribution in [0.5, 0.6) is 0 Å². The van der Waals surface area contributed by atoms with Gasteiger partial charge in [-0.1, -0.05) is 6.07 Å². The van der Waals surface area contributed by atoms with Gasteiger partial charge < -0.3 is 10.6 Å². The molecule has 0 spiro atoms. The lowest BCUT2D eigenvalue weighted by atomic mass is 9.97. The first-order valence-electron chi connectivity index (χ1n) is 5.71. The largest absolute Gasteiger partial charge is 0.317 e. The van der Waals surface area contributed by atoms with Crippen LogP contribution in [0.15, 0.2) is 18.2 Å². The van der Waals surface area contributed by atoms with E-state index >= 15 is 0 Å². The second-order valence-electron chi connectivity index (χ2n) is 4.18. The van der Waals surface area contributed by atoms with Gasteiger partial charge in [0.25, 0.3) is 0 Å². The van der Waals surface area contributed by atoms with Crippen molar-refractivity contribution in [3.63, 3.8) is 0 Å². The summed E-state index contributed by atoms with van der Waals surface area (Å²) in [5.41, 5.74) is 0.920. The van der Waals surface area contributed by atoms with E-state index in [9.17, 15) is 4.79 Å². The number of carbonyl (C=O) groups is 1. The zero-order chi connectivity index (χ0) is 11.4. The number of rotatable bonds is 2. The lowest BCUT2D eigenvalue weighted by Crippen LogP contribution is -2.34. The number of aromatic nitrogens is 1. The van der Waals surface area contributed by atoms with Crippen molar-refractivity contribution in [3.8, 4) is 0 Å². The summed E-state index contributed by atoms with van der Waals surface area (Å²) < 4.78 is 0. The minimum atomic E-state index is 0. The first kappa shape index (κ1) is 17.2. The highest BCUT2D eigenvalue weighted by molar-refractivity contribution is 5.91. The Morgan fingerprint density at radius 3 is 2.61 bits per heavy atom. The number of halogens is 2. The van der Waals surface area contributed by atoms with Crippen molar-refractivity contribution in [1.82, 2.24) is 10.3 Å². The molecule has 0 aromatic carbocycles. The van der Waals surface area contributed by atoms with Gasteiger partial charge in [0.15, 0.2) is 0 Å². The molecule has 102 valence electrons. The molecule has 1 aromatic rings. The van der Waals surface area contributed by atoms with Crippen LogP contribution in [0.1, 0.15) is 18.5 Å². The topological polar surface area (TPSA) is 54.0 Å². The summed E-state index contributed by atoms with van der Waals surface area (Å²) in [6.07, 6.45) is 1.83. The van der Waals surface area contributed by atoms with Crippen LogP contribution in [0.3, 0.4) is 0 Å². The summed E-state index contributed by atoms with van der Waals surface area (Å²) in [5, 5.41) is 6.12. The lowest BCUT2D eigenvalue weighted by Gasteiger charge is -2.21. The maximum Gasteiger partial charge on any atom is 0.228 e. The second-order valence-corrected chi connectivity index (χ2v) is 4.18. The van der Waals surface area contributed by atoms with Gasteiger partial charge in [-0.3, -0.25) is 4.79 Å². The van der Waals surface area contributed by atoms with Crippen molar-refractivity contribution in [2.45, 2.75) is 19.8 Å². The molecule has 18 heavy (non-hydrogen) atoms. The number of pyridine rings is 1. The van der Waals surface area contributed by atoms with E-state index in [1.807, 2.05) is 25.1 Å². The maximum absolute atomic E-state index is 11.9. The van der Waals surface area contributed by atoms with E-state index < -0.39 is 0 Å². The molecule has 0 aliphatic carbocycles. The van der Waals surface area contributed by atoms with E-state index in [4.69, 9.17) is 0 Å². The van der Waals surface area contributed by atoms with Gasteiger partial charge in [-0.25, -0.2) is 4.98 Å². The predicted molar refractivity (Wildman–Crippen MR) is 77.7 cm³/mol. The number of aryl methyl sites for hydroxylation is 1. The van der Waals surface area contributed by atoms with Crippen LogP contribution in [-0.2, 0) is 4.79 Å². The van der Waals surface area contributed by atoms with Gasteiger partial charge in [-0.15, -0.1) is 24.8 Å². The van der Waals surface area contributed by atoms with Crippen LogP contribution in [-0.4, -0.2) is 24.0 Å². The number of amides is 1. The SMILES string of the molecule is Cc1cccc(NC(=O)C2CCNCC2)n1.Cl.Cl. The molecule has 1 amide bonds. The Bertz CT molecular complexity index is 381. The van der Waals surface area contributed by atoms with Gasteiger partial charge in [-0.05, 0) is 45.0 Å². The zero-order valence-electron chi connectivity index (χ0n) is 10.3. The number of hydrogen-bond acceptors (Lipinski definition) is 3. The van der Waals surface area contributed by atoms with Gasteiger partial charge in [0, 0.05) is 11.6 Å². The van der Waals surface area contributed by atoms with Gasteiger partial charge in [0.05, 0.1) is 0 Å². The van der Waals surface area contributed by atoms with Crippen LogP contribution in [0, 0.1) is 12.8 Å². The minimum Gasteiger partial charge on any atom is -0.317 e. The van der Waals surface area contributed by atoms with Crippen molar-refractivity contribution in [2.75, 3.05) is 18.4 Å². The Balaban J connectivity index is 0.00000144. The molecule has 1 aliphatic rings. The highest BCUT2D eigenvalue weighted by atomic mass is 35.5. The van der Waals surface area contributed by atoms with E-state index in [1.165, 1.54) is 0 Å². The Morgan fingerprint density at radius 2 is 2.00 bits per heavy atom. The molecule has 4 nitrogen and oxygen atoms in total. The van der Waals surface area contributed by atoms with E-state index in [0.29, 0.717) is 5.82 Å². The highest BCUT2D eigenvalue weighted by Gasteiger charge is 2.20. The zero-order valence-corrected chi connectivity index (χ0v) is 11.9. The average Bonchev–Trinajstić information content (AvgIpc) is 2.30. The number of hydrogen-bond donors (Lipinski definition) is 2. The van der Waals surface area contributed by atoms with E-state index in [-0.39, 0.29) is 36.6 Å².